The molecule has 0 aromatic rings. The first-order valence-corrected chi connectivity index (χ1v) is 5.66. The monoisotopic (exact) mass is 263 g/mol. The molecule has 7 heteroatoms. The molecular weight excluding hydrogens is 249 g/mol. The molecule has 15 heavy (non-hydrogen) atoms. The van der Waals surface area contributed by atoms with Gasteiger partial charge in [0, 0.05) is 24.1 Å². The van der Waals surface area contributed by atoms with Crippen molar-refractivity contribution in [2.45, 2.75) is 12.2 Å². The van der Waals surface area contributed by atoms with Gasteiger partial charge in [0.15, 0.2) is 0 Å². The predicted octanol–water partition coefficient (Wildman–Crippen LogP) is -0.629. The van der Waals surface area contributed by atoms with Crippen molar-refractivity contribution in [3.8, 4) is 0 Å². The molecule has 0 aromatic carbocycles. The van der Waals surface area contributed by atoms with Crippen molar-refractivity contribution in [1.29, 1.82) is 0 Å². The van der Waals surface area contributed by atoms with Gasteiger partial charge in [0.05, 0.1) is 0 Å². The van der Waals surface area contributed by atoms with Gasteiger partial charge in [0.1, 0.15) is 0 Å². The molecule has 1 aliphatic heterocycles. The maximum Gasteiger partial charge on any atom is 1.00 e. The molecule has 0 amide bonds. The van der Waals surface area contributed by atoms with Gasteiger partial charge in [-0.25, -0.2) is 0 Å². The van der Waals surface area contributed by atoms with Crippen molar-refractivity contribution in [3.63, 3.8) is 0 Å². The van der Waals surface area contributed by atoms with Crippen LogP contribution < -0.4 is 51.4 Å². The molecule has 1 rings (SSSR count). The smallest absolute Gasteiger partial charge is 0.445 e. The molecule has 0 bridgehead atoms. The first-order valence-electron chi connectivity index (χ1n) is 4.61. The minimum absolute atomic E-state index is 0. The van der Waals surface area contributed by atoms with E-state index >= 15 is 0 Å². The maximum atomic E-state index is 12.2. The minimum Gasteiger partial charge on any atom is -0.445 e. The summed E-state index contributed by atoms with van der Waals surface area (Å²) in [6.07, 6.45) is 0. The van der Waals surface area contributed by atoms with E-state index in [9.17, 15) is 12.9 Å². The van der Waals surface area contributed by atoms with Crippen LogP contribution >= 0.6 is 11.8 Å². The largest absolute Gasteiger partial charge is 1.00 e. The van der Waals surface area contributed by atoms with E-state index in [1.165, 1.54) is 0 Å². The molecule has 1 saturated heterocycles. The van der Waals surface area contributed by atoms with Gasteiger partial charge >= 0.3 is 58.4 Å². The van der Waals surface area contributed by atoms with Crippen molar-refractivity contribution in [2.75, 3.05) is 25.4 Å². The van der Waals surface area contributed by atoms with E-state index in [0.717, 1.165) is 18.8 Å². The maximum absolute atomic E-state index is 12.2. The van der Waals surface area contributed by atoms with Gasteiger partial charge in [-0.3, -0.25) is 0 Å². The van der Waals surface area contributed by atoms with Crippen molar-refractivity contribution in [2.24, 2.45) is 0 Å². The molecule has 0 aromatic heterocycles. The van der Waals surface area contributed by atoms with E-state index < -0.39 is 12.4 Å². The van der Waals surface area contributed by atoms with Gasteiger partial charge in [0.2, 0.25) is 0 Å². The molecule has 1 unspecified atom stereocenters. The third-order valence-electron chi connectivity index (χ3n) is 2.21. The molecule has 0 spiro atoms. The Morgan fingerprint density at radius 3 is 2.60 bits per heavy atom. The second-order valence-electron chi connectivity index (χ2n) is 3.65. The summed E-state index contributed by atoms with van der Waals surface area (Å²) in [6.45, 7) is 1.73. The number of rotatable bonds is 3. The first-order chi connectivity index (χ1) is 6.39. The minimum atomic E-state index is -4.86. The quantitative estimate of drug-likeness (QED) is 0.624. The molecule has 0 aliphatic carbocycles. The molecule has 1 heterocycles. The van der Waals surface area contributed by atoms with Crippen LogP contribution in [0.15, 0.2) is 12.1 Å². The van der Waals surface area contributed by atoms with E-state index in [0.29, 0.717) is 5.25 Å². The van der Waals surface area contributed by atoms with E-state index in [4.69, 9.17) is 0 Å². The Bertz CT molecular complexity index is 224. The normalized spacial score (nSPS) is 23.3. The fourth-order valence-electron chi connectivity index (χ4n) is 1.42. The number of thioether (sulfide) groups is 1. The summed E-state index contributed by atoms with van der Waals surface area (Å²) in [5.74, 6) is 0.916. The zero-order valence-corrected chi connectivity index (χ0v) is 13.1. The van der Waals surface area contributed by atoms with Gasteiger partial charge in [0.25, 0.3) is 0 Å². The van der Waals surface area contributed by atoms with Crippen molar-refractivity contribution in [3.05, 3.63) is 12.1 Å². The van der Waals surface area contributed by atoms with Crippen LogP contribution in [0.5, 0.6) is 0 Å². The van der Waals surface area contributed by atoms with Gasteiger partial charge in [-0.05, 0) is 6.54 Å². The van der Waals surface area contributed by atoms with Crippen LogP contribution in [-0.2, 0) is 0 Å². The summed E-state index contributed by atoms with van der Waals surface area (Å²) in [7, 11) is 0. The summed E-state index contributed by atoms with van der Waals surface area (Å²) >= 11 is 1.81. The van der Waals surface area contributed by atoms with Crippen molar-refractivity contribution < 1.29 is 64.3 Å². The molecule has 1 nitrogen and oxygen atoms in total. The van der Waals surface area contributed by atoms with Crippen LogP contribution in [0.1, 0.15) is 6.92 Å². The number of halogens is 3. The van der Waals surface area contributed by atoms with Crippen LogP contribution in [-0.4, -0.2) is 42.5 Å². The van der Waals surface area contributed by atoms with Crippen LogP contribution in [0.4, 0.5) is 12.9 Å². The van der Waals surface area contributed by atoms with Crippen LogP contribution in [0.25, 0.3) is 0 Å². The average Bonchev–Trinajstić information content (AvgIpc) is 2.02. The van der Waals surface area contributed by atoms with E-state index in [1.807, 2.05) is 23.6 Å². The van der Waals surface area contributed by atoms with Gasteiger partial charge in [-0.1, -0.05) is 6.92 Å². The Balaban J connectivity index is 0.00000196. The molecular formula is C8H14BF3KNS. The summed E-state index contributed by atoms with van der Waals surface area (Å²) in [6, 6.07) is 0. The van der Waals surface area contributed by atoms with Gasteiger partial charge in [-0.15, -0.1) is 12.1 Å². The second kappa shape index (κ2) is 7.08. The Hall–Kier alpha value is 1.54. The Morgan fingerprint density at radius 1 is 1.53 bits per heavy atom. The summed E-state index contributed by atoms with van der Waals surface area (Å²) in [4.78, 5) is 1.83. The molecule has 0 N–H and O–H groups in total. The fraction of sp³-hybridized carbons (Fsp3) is 0.750. The summed E-state index contributed by atoms with van der Waals surface area (Å²) in [5, 5.41) is 0.428. The average molecular weight is 263 g/mol. The summed E-state index contributed by atoms with van der Waals surface area (Å²) < 4.78 is 36.7. The molecule has 82 valence electrons. The number of hydrogen-bond acceptors (Lipinski definition) is 2. The molecule has 0 saturated carbocycles. The first kappa shape index (κ1) is 16.5. The predicted molar refractivity (Wildman–Crippen MR) is 56.6 cm³/mol. The summed E-state index contributed by atoms with van der Waals surface area (Å²) in [5.41, 5.74) is -0.580. The van der Waals surface area contributed by atoms with Crippen LogP contribution in [0.3, 0.4) is 0 Å². The second-order valence-corrected chi connectivity index (χ2v) is 5.20. The molecule has 1 aliphatic rings. The van der Waals surface area contributed by atoms with E-state index in [-0.39, 0.29) is 57.9 Å². The Kier molecular flexibility index (Phi) is 7.81. The van der Waals surface area contributed by atoms with E-state index in [1.54, 1.807) is 0 Å². The standard InChI is InChI=1S/C8H14BF3NS.K/c1-7(9(10,11)12)5-13-3-4-14-8(2)6-13;/h8H,1,3-6H2,2H3;/q-1;+1. The number of nitrogens with zero attached hydrogens (tertiary/aromatic N) is 1. The number of hydrogen-bond donors (Lipinski definition) is 0. The van der Waals surface area contributed by atoms with E-state index in [2.05, 4.69) is 6.58 Å². The van der Waals surface area contributed by atoms with Gasteiger partial charge < -0.3 is 17.8 Å². The van der Waals surface area contributed by atoms with Crippen molar-refractivity contribution in [1.82, 2.24) is 4.90 Å². The zero-order chi connectivity index (χ0) is 10.8. The zero-order valence-electron chi connectivity index (χ0n) is 9.18. The Morgan fingerprint density at radius 2 is 2.13 bits per heavy atom. The Labute approximate surface area is 136 Å². The third kappa shape index (κ3) is 6.14. The molecule has 1 atom stereocenters. The third-order valence-corrected chi connectivity index (χ3v) is 3.35. The van der Waals surface area contributed by atoms with Gasteiger partial charge in [-0.2, -0.15) is 11.8 Å². The molecule has 1 fully saturated rings. The topological polar surface area (TPSA) is 3.24 Å². The molecule has 0 radical (unpaired) electrons. The van der Waals surface area contributed by atoms with Crippen LogP contribution in [0, 0.1) is 0 Å². The fourth-order valence-corrected chi connectivity index (χ4v) is 2.51. The van der Waals surface area contributed by atoms with Crippen LogP contribution in [0.2, 0.25) is 0 Å². The van der Waals surface area contributed by atoms with Crippen molar-refractivity contribution >= 4 is 18.7 Å². The SMILES string of the molecule is C=C(CN1CCSC(C)C1)[B-](F)(F)F.[K+].